The van der Waals surface area contributed by atoms with Gasteiger partial charge in [-0.25, -0.2) is 4.39 Å². The zero-order valence-electron chi connectivity index (χ0n) is 31.9. The Morgan fingerprint density at radius 1 is 0.860 bits per heavy atom. The third kappa shape index (κ3) is 11.9. The summed E-state index contributed by atoms with van der Waals surface area (Å²) in [6, 6.07) is 16.3. The van der Waals surface area contributed by atoms with Crippen LogP contribution in [0.2, 0.25) is 0 Å². The summed E-state index contributed by atoms with van der Waals surface area (Å²) in [5, 5.41) is 12.0. The number of hydrogen-bond acceptors (Lipinski definition) is 7. The summed E-state index contributed by atoms with van der Waals surface area (Å²) >= 11 is 5.72. The van der Waals surface area contributed by atoms with Crippen LogP contribution in [0.3, 0.4) is 0 Å². The van der Waals surface area contributed by atoms with E-state index in [1.54, 1.807) is 6.20 Å². The number of para-hydroxylation sites is 1. The van der Waals surface area contributed by atoms with E-state index >= 15 is 0 Å². The molecule has 0 saturated carbocycles. The van der Waals surface area contributed by atoms with Crippen molar-refractivity contribution in [3.05, 3.63) is 107 Å². The number of aromatic amines is 1. The van der Waals surface area contributed by atoms with Crippen LogP contribution in [-0.4, -0.2) is 89.1 Å². The number of aromatic nitrogens is 1. The second-order valence-electron chi connectivity index (χ2n) is 14.1. The van der Waals surface area contributed by atoms with Crippen LogP contribution in [0.1, 0.15) is 54.4 Å². The molecule has 57 heavy (non-hydrogen) atoms. The molecule has 2 heterocycles. The number of rotatable bonds is 17. The van der Waals surface area contributed by atoms with E-state index in [1.807, 2.05) is 55.5 Å². The molecule has 1 fully saturated rings. The van der Waals surface area contributed by atoms with Crippen LogP contribution in [0, 0.1) is 12.7 Å². The Morgan fingerprint density at radius 3 is 2.28 bits per heavy atom. The number of alkyl halides is 1. The van der Waals surface area contributed by atoms with E-state index in [4.69, 9.17) is 16.3 Å². The maximum atomic E-state index is 14.4. The lowest BCUT2D eigenvalue weighted by molar-refractivity contribution is -0.146. The van der Waals surface area contributed by atoms with Crippen molar-refractivity contribution in [2.24, 2.45) is 0 Å². The number of likely N-dealkylation sites (tertiary alicyclic amines) is 1. The van der Waals surface area contributed by atoms with Gasteiger partial charge in [-0.2, -0.15) is 0 Å². The third-order valence-corrected chi connectivity index (χ3v) is 10.3. The van der Waals surface area contributed by atoms with Gasteiger partial charge in [0.2, 0.25) is 29.5 Å². The lowest BCUT2D eigenvalue weighted by Crippen LogP contribution is -2.61. The van der Waals surface area contributed by atoms with Crippen molar-refractivity contribution in [1.82, 2.24) is 31.2 Å². The molecule has 1 saturated heterocycles. The van der Waals surface area contributed by atoms with Crippen LogP contribution in [0.4, 0.5) is 4.39 Å². The lowest BCUT2D eigenvalue weighted by Gasteiger charge is -2.37. The van der Waals surface area contributed by atoms with Gasteiger partial charge in [0, 0.05) is 49.5 Å². The van der Waals surface area contributed by atoms with Gasteiger partial charge in [0.1, 0.15) is 35.9 Å². The van der Waals surface area contributed by atoms with Crippen LogP contribution in [0.15, 0.2) is 79.0 Å². The molecule has 1 aromatic heterocycles. The summed E-state index contributed by atoms with van der Waals surface area (Å²) in [4.78, 5) is 85.2. The van der Waals surface area contributed by atoms with Gasteiger partial charge in [-0.05, 0) is 67.5 Å². The Balaban J connectivity index is 1.40. The van der Waals surface area contributed by atoms with Crippen LogP contribution < -0.4 is 21.3 Å². The van der Waals surface area contributed by atoms with Gasteiger partial charge in [-0.1, -0.05) is 60.2 Å². The number of carbonyl (C=O) groups is 6. The summed E-state index contributed by atoms with van der Waals surface area (Å²) < 4.78 is 18.5. The molecule has 0 radical (unpaired) electrons. The Labute approximate surface area is 335 Å². The largest absolute Gasteiger partial charge is 0.469 e. The number of halogens is 2. The first kappa shape index (κ1) is 42.4. The van der Waals surface area contributed by atoms with E-state index in [0.29, 0.717) is 18.4 Å². The van der Waals surface area contributed by atoms with E-state index in [2.05, 4.69) is 26.3 Å². The zero-order valence-corrected chi connectivity index (χ0v) is 32.7. The van der Waals surface area contributed by atoms with Gasteiger partial charge in [0.05, 0.1) is 7.11 Å². The van der Waals surface area contributed by atoms with Crippen LogP contribution in [0.25, 0.3) is 10.9 Å². The Hall–Kier alpha value is -5.76. The zero-order chi connectivity index (χ0) is 40.9. The third-order valence-electron chi connectivity index (χ3n) is 10.0. The fourth-order valence-corrected chi connectivity index (χ4v) is 6.95. The predicted molar refractivity (Wildman–Crippen MR) is 212 cm³/mol. The average Bonchev–Trinajstić information content (AvgIpc) is 3.64. The number of nitrogens with zero attached hydrogens (tertiary/aromatic N) is 1. The number of methoxy groups -OCH3 is 1. The van der Waals surface area contributed by atoms with Crippen LogP contribution in [-0.2, 0) is 52.9 Å². The van der Waals surface area contributed by atoms with Gasteiger partial charge in [-0.15, -0.1) is 11.6 Å². The maximum Gasteiger partial charge on any atom is 0.305 e. The van der Waals surface area contributed by atoms with Gasteiger partial charge in [0.25, 0.3) is 0 Å². The Morgan fingerprint density at radius 2 is 1.56 bits per heavy atom. The second kappa shape index (κ2) is 20.4. The Bertz CT molecular complexity index is 2040. The minimum Gasteiger partial charge on any atom is -0.469 e. The summed E-state index contributed by atoms with van der Waals surface area (Å²) in [5.41, 5.74) is 4.07. The van der Waals surface area contributed by atoms with Gasteiger partial charge >= 0.3 is 5.97 Å². The highest BCUT2D eigenvalue weighted by molar-refractivity contribution is 6.27. The smallest absolute Gasteiger partial charge is 0.305 e. The van der Waals surface area contributed by atoms with Crippen molar-refractivity contribution in [2.75, 3.05) is 19.5 Å². The molecule has 0 spiro atoms. The lowest BCUT2D eigenvalue weighted by atomic mass is 9.97. The summed E-state index contributed by atoms with van der Waals surface area (Å²) in [6.07, 6.45) is 3.06. The quantitative estimate of drug-likeness (QED) is 0.0798. The first-order valence-corrected chi connectivity index (χ1v) is 19.4. The SMILES string of the molecule is COC(=O)CC[C@H](NC(=O)CCl)C(=O)N1CCCC[C@H]1C(=O)N[C@@H](Cc1c[nH]c2ccccc12)C(=O)N[C@@H](Cc1ccc(F)cc1)C(=O)NCc1ccc(C)cc1. The number of aryl methyl sites for hydroxylation is 1. The molecule has 15 heteroatoms. The molecule has 5 rings (SSSR count). The summed E-state index contributed by atoms with van der Waals surface area (Å²) in [6.45, 7) is 2.35. The summed E-state index contributed by atoms with van der Waals surface area (Å²) in [7, 11) is 1.22. The molecule has 0 unspecified atom stereocenters. The standard InChI is InChI=1S/C42H48ClFN6O7/c1-26-10-12-28(13-11-26)24-46-39(53)34(21-27-14-16-30(44)17-15-27)48-40(54)35(22-29-25-45-32-8-4-3-7-31(29)32)49-41(55)36-9-5-6-20-50(36)42(56)33(47-37(51)23-43)18-19-38(52)57-2/h3-4,7-8,10-17,25,33-36,45H,5-6,9,18-24H2,1-2H3,(H,46,53)(H,47,51)(H,48,54)(H,49,55)/t33-,34-,35-,36-/m0/s1. The van der Waals surface area contributed by atoms with Gasteiger partial charge < -0.3 is 35.9 Å². The van der Waals surface area contributed by atoms with E-state index in [9.17, 15) is 33.2 Å². The first-order valence-electron chi connectivity index (χ1n) is 18.9. The molecule has 5 N–H and O–H groups in total. The average molecular weight is 803 g/mol. The molecular weight excluding hydrogens is 755 g/mol. The number of piperidine rings is 1. The Kier molecular flexibility index (Phi) is 15.2. The number of amides is 5. The highest BCUT2D eigenvalue weighted by atomic mass is 35.5. The number of benzene rings is 3. The minimum atomic E-state index is -1.21. The number of hydrogen-bond donors (Lipinski definition) is 5. The van der Waals surface area contributed by atoms with Crippen molar-refractivity contribution in [3.63, 3.8) is 0 Å². The number of ether oxygens (including phenoxy) is 1. The first-order chi connectivity index (χ1) is 27.4. The molecule has 0 bridgehead atoms. The van der Waals surface area contributed by atoms with E-state index in [-0.39, 0.29) is 45.2 Å². The molecule has 3 aromatic carbocycles. The number of H-pyrrole nitrogens is 1. The monoisotopic (exact) mass is 802 g/mol. The number of fused-ring (bicyclic) bond motifs is 1. The highest BCUT2D eigenvalue weighted by Gasteiger charge is 2.38. The number of esters is 1. The van der Waals surface area contributed by atoms with Crippen LogP contribution >= 0.6 is 11.6 Å². The van der Waals surface area contributed by atoms with Crippen molar-refractivity contribution in [1.29, 1.82) is 0 Å². The topological polar surface area (TPSA) is 179 Å². The second-order valence-corrected chi connectivity index (χ2v) is 14.4. The predicted octanol–water partition coefficient (Wildman–Crippen LogP) is 3.74. The molecule has 5 amide bonds. The van der Waals surface area contributed by atoms with Crippen molar-refractivity contribution >= 4 is 58.0 Å². The van der Waals surface area contributed by atoms with E-state index in [0.717, 1.165) is 27.6 Å². The molecule has 13 nitrogen and oxygen atoms in total. The van der Waals surface area contributed by atoms with Crippen molar-refractivity contribution < 1.29 is 37.9 Å². The van der Waals surface area contributed by atoms with Gasteiger partial charge in [0.15, 0.2) is 0 Å². The van der Waals surface area contributed by atoms with E-state index in [1.165, 1.54) is 36.3 Å². The fraction of sp³-hybridized carbons (Fsp3) is 0.381. The summed E-state index contributed by atoms with van der Waals surface area (Å²) in [5.74, 6) is -4.35. The van der Waals surface area contributed by atoms with Crippen molar-refractivity contribution in [2.45, 2.75) is 82.6 Å². The molecule has 302 valence electrons. The van der Waals surface area contributed by atoms with E-state index < -0.39 is 71.4 Å². The molecule has 1 aliphatic heterocycles. The molecule has 1 aliphatic rings. The normalized spacial score (nSPS) is 15.5. The molecule has 0 aliphatic carbocycles. The molecular formula is C42H48ClFN6O7. The number of carbonyl (C=O) groups excluding carboxylic acids is 6. The van der Waals surface area contributed by atoms with Crippen LogP contribution in [0.5, 0.6) is 0 Å². The van der Waals surface area contributed by atoms with Crippen molar-refractivity contribution in [3.8, 4) is 0 Å². The van der Waals surface area contributed by atoms with Gasteiger partial charge in [-0.3, -0.25) is 28.8 Å². The maximum absolute atomic E-state index is 14.4. The number of nitrogens with one attached hydrogen (secondary N) is 5. The fourth-order valence-electron chi connectivity index (χ4n) is 6.88. The highest BCUT2D eigenvalue weighted by Crippen LogP contribution is 2.22. The minimum absolute atomic E-state index is 0.0318. The molecule has 4 aromatic rings. The molecule has 4 atom stereocenters.